The average Bonchev–Trinajstić information content (AvgIpc) is 2.74. The molecule has 6 nitrogen and oxygen atoms in total. The summed E-state index contributed by atoms with van der Waals surface area (Å²) in [6, 6.07) is 16.7. The Hall–Kier alpha value is -2.70. The maximum Gasteiger partial charge on any atom is 0.313 e. The van der Waals surface area contributed by atoms with Crippen LogP contribution in [0, 0.1) is 0 Å². The summed E-state index contributed by atoms with van der Waals surface area (Å²) >= 11 is 0. The van der Waals surface area contributed by atoms with E-state index in [9.17, 15) is 14.7 Å². The normalized spacial score (nSPS) is 16.2. The molecular formula is C23H27NO5. The van der Waals surface area contributed by atoms with Crippen LogP contribution in [0.15, 0.2) is 54.6 Å². The number of carboxylic acids is 1. The van der Waals surface area contributed by atoms with E-state index >= 15 is 0 Å². The van der Waals surface area contributed by atoms with Gasteiger partial charge in [-0.15, -0.1) is 0 Å². The quantitative estimate of drug-likeness (QED) is 0.743. The standard InChI is InChI=1S/C23H27NO5/c1-22(2,21(26)27)18-8-10-19(11-9-18)24-20(25)23(12-14-28-15-13-23)29-16-17-6-4-3-5-7-17/h3-11H,12-16H2,1-2H3,(H,24,25)(H,26,27). The molecule has 0 saturated carbocycles. The maximum absolute atomic E-state index is 13.1. The van der Waals surface area contributed by atoms with Crippen molar-refractivity contribution < 1.29 is 24.2 Å². The Morgan fingerprint density at radius 1 is 1.07 bits per heavy atom. The fraction of sp³-hybridized carbons (Fsp3) is 0.391. The van der Waals surface area contributed by atoms with Gasteiger partial charge in [0.15, 0.2) is 5.60 Å². The van der Waals surface area contributed by atoms with Gasteiger partial charge < -0.3 is 19.9 Å². The Kier molecular flexibility index (Phi) is 6.35. The zero-order chi connectivity index (χ0) is 20.9. The van der Waals surface area contributed by atoms with E-state index in [2.05, 4.69) is 5.32 Å². The lowest BCUT2D eigenvalue weighted by molar-refractivity contribution is -0.158. The van der Waals surface area contributed by atoms with Crippen LogP contribution in [-0.2, 0) is 31.1 Å². The van der Waals surface area contributed by atoms with Gasteiger partial charge in [0.2, 0.25) is 0 Å². The number of anilines is 1. The van der Waals surface area contributed by atoms with Crippen LogP contribution in [0.2, 0.25) is 0 Å². The maximum atomic E-state index is 13.1. The number of carboxylic acid groups (broad SMARTS) is 1. The predicted octanol–water partition coefficient (Wildman–Crippen LogP) is 3.75. The summed E-state index contributed by atoms with van der Waals surface area (Å²) < 4.78 is 11.6. The molecule has 0 aliphatic carbocycles. The lowest BCUT2D eigenvalue weighted by Gasteiger charge is -2.35. The van der Waals surface area contributed by atoms with Gasteiger partial charge in [0.05, 0.1) is 12.0 Å². The van der Waals surface area contributed by atoms with E-state index < -0.39 is 17.0 Å². The molecule has 2 N–H and O–H groups in total. The number of carbonyl (C=O) groups excluding carboxylic acids is 1. The van der Waals surface area contributed by atoms with Crippen LogP contribution in [0.5, 0.6) is 0 Å². The SMILES string of the molecule is CC(C)(C(=O)O)c1ccc(NC(=O)C2(OCc3ccccc3)CCOCC2)cc1. The number of hydrogen-bond acceptors (Lipinski definition) is 4. The molecule has 1 aliphatic heterocycles. The van der Waals surface area contributed by atoms with Crippen LogP contribution in [-0.4, -0.2) is 35.8 Å². The fourth-order valence-electron chi connectivity index (χ4n) is 3.27. The van der Waals surface area contributed by atoms with Crippen molar-refractivity contribution in [2.45, 2.75) is 44.3 Å². The lowest BCUT2D eigenvalue weighted by Crippen LogP contribution is -2.49. The number of benzene rings is 2. The molecule has 0 radical (unpaired) electrons. The molecule has 1 fully saturated rings. The van der Waals surface area contributed by atoms with Gasteiger partial charge in [0.25, 0.3) is 5.91 Å². The van der Waals surface area contributed by atoms with Crippen molar-refractivity contribution in [2.75, 3.05) is 18.5 Å². The first-order chi connectivity index (χ1) is 13.8. The Morgan fingerprint density at radius 2 is 1.69 bits per heavy atom. The van der Waals surface area contributed by atoms with E-state index in [1.807, 2.05) is 30.3 Å². The van der Waals surface area contributed by atoms with Crippen molar-refractivity contribution in [1.82, 2.24) is 0 Å². The number of aliphatic carboxylic acids is 1. The monoisotopic (exact) mass is 397 g/mol. The smallest absolute Gasteiger partial charge is 0.313 e. The van der Waals surface area contributed by atoms with Gasteiger partial charge in [-0.25, -0.2) is 0 Å². The number of carbonyl (C=O) groups is 2. The molecule has 6 heteroatoms. The molecule has 0 spiro atoms. The van der Waals surface area contributed by atoms with E-state index in [1.165, 1.54) is 0 Å². The highest BCUT2D eigenvalue weighted by atomic mass is 16.5. The van der Waals surface area contributed by atoms with Gasteiger partial charge in [0.1, 0.15) is 0 Å². The highest BCUT2D eigenvalue weighted by Crippen LogP contribution is 2.29. The second kappa shape index (κ2) is 8.76. The first-order valence-electron chi connectivity index (χ1n) is 9.74. The molecule has 2 aromatic carbocycles. The van der Waals surface area contributed by atoms with E-state index in [1.54, 1.807) is 38.1 Å². The van der Waals surface area contributed by atoms with Crippen LogP contribution in [0.25, 0.3) is 0 Å². The largest absolute Gasteiger partial charge is 0.481 e. The second-order valence-corrected chi connectivity index (χ2v) is 7.84. The first kappa shape index (κ1) is 21.0. The molecule has 0 bridgehead atoms. The summed E-state index contributed by atoms with van der Waals surface area (Å²) in [6.45, 7) is 4.58. The Balaban J connectivity index is 1.72. The lowest BCUT2D eigenvalue weighted by atomic mass is 9.85. The van der Waals surface area contributed by atoms with Crippen molar-refractivity contribution in [1.29, 1.82) is 0 Å². The molecule has 2 aromatic rings. The van der Waals surface area contributed by atoms with E-state index in [-0.39, 0.29) is 5.91 Å². The average molecular weight is 397 g/mol. The first-order valence-corrected chi connectivity index (χ1v) is 9.74. The summed E-state index contributed by atoms with van der Waals surface area (Å²) in [5, 5.41) is 12.3. The molecule has 1 saturated heterocycles. The predicted molar refractivity (Wildman–Crippen MR) is 110 cm³/mol. The topological polar surface area (TPSA) is 84.9 Å². The van der Waals surface area contributed by atoms with Gasteiger partial charge in [0, 0.05) is 31.7 Å². The number of hydrogen-bond donors (Lipinski definition) is 2. The Labute approximate surface area is 170 Å². The van der Waals surface area contributed by atoms with Crippen LogP contribution >= 0.6 is 0 Å². The van der Waals surface area contributed by atoms with Gasteiger partial charge in [-0.1, -0.05) is 42.5 Å². The second-order valence-electron chi connectivity index (χ2n) is 7.84. The molecule has 1 amide bonds. The summed E-state index contributed by atoms with van der Waals surface area (Å²) in [7, 11) is 0. The summed E-state index contributed by atoms with van der Waals surface area (Å²) in [6.07, 6.45) is 0.964. The van der Waals surface area contributed by atoms with Crippen molar-refractivity contribution in [3.63, 3.8) is 0 Å². The number of ether oxygens (including phenoxy) is 2. The third kappa shape index (κ3) is 4.83. The summed E-state index contributed by atoms with van der Waals surface area (Å²) in [5.74, 6) is -1.10. The van der Waals surface area contributed by atoms with Gasteiger partial charge in [-0.3, -0.25) is 9.59 Å². The molecule has 0 aromatic heterocycles. The summed E-state index contributed by atoms with van der Waals surface area (Å²) in [4.78, 5) is 24.5. The molecule has 3 rings (SSSR count). The molecule has 0 atom stereocenters. The van der Waals surface area contributed by atoms with E-state index in [4.69, 9.17) is 9.47 Å². The minimum absolute atomic E-state index is 0.207. The van der Waals surface area contributed by atoms with Crippen LogP contribution < -0.4 is 5.32 Å². The van der Waals surface area contributed by atoms with Crippen molar-refractivity contribution >= 4 is 17.6 Å². The number of nitrogens with one attached hydrogen (secondary N) is 1. The molecule has 29 heavy (non-hydrogen) atoms. The van der Waals surface area contributed by atoms with E-state index in [0.29, 0.717) is 43.9 Å². The zero-order valence-electron chi connectivity index (χ0n) is 16.8. The van der Waals surface area contributed by atoms with Crippen LogP contribution in [0.4, 0.5) is 5.69 Å². The van der Waals surface area contributed by atoms with Crippen molar-refractivity contribution in [3.8, 4) is 0 Å². The molecule has 0 unspecified atom stereocenters. The Bertz CT molecular complexity index is 839. The number of rotatable bonds is 7. The van der Waals surface area contributed by atoms with Crippen LogP contribution in [0.3, 0.4) is 0 Å². The van der Waals surface area contributed by atoms with Gasteiger partial charge >= 0.3 is 5.97 Å². The molecule has 154 valence electrons. The van der Waals surface area contributed by atoms with E-state index in [0.717, 1.165) is 5.56 Å². The third-order valence-electron chi connectivity index (χ3n) is 5.47. The van der Waals surface area contributed by atoms with Crippen molar-refractivity contribution in [2.24, 2.45) is 0 Å². The third-order valence-corrected chi connectivity index (χ3v) is 5.47. The number of amides is 1. The van der Waals surface area contributed by atoms with Gasteiger partial charge in [-0.05, 0) is 37.1 Å². The van der Waals surface area contributed by atoms with Crippen molar-refractivity contribution in [3.05, 3.63) is 65.7 Å². The highest BCUT2D eigenvalue weighted by molar-refractivity contribution is 5.97. The summed E-state index contributed by atoms with van der Waals surface area (Å²) in [5.41, 5.74) is 0.334. The Morgan fingerprint density at radius 3 is 2.28 bits per heavy atom. The van der Waals surface area contributed by atoms with Gasteiger partial charge in [-0.2, -0.15) is 0 Å². The minimum Gasteiger partial charge on any atom is -0.481 e. The highest BCUT2D eigenvalue weighted by Gasteiger charge is 2.41. The minimum atomic E-state index is -0.997. The zero-order valence-corrected chi connectivity index (χ0v) is 16.8. The molecule has 1 aliphatic rings. The molecular weight excluding hydrogens is 370 g/mol. The van der Waals surface area contributed by atoms with Crippen LogP contribution in [0.1, 0.15) is 37.8 Å². The fourth-order valence-corrected chi connectivity index (χ4v) is 3.27. The molecule has 1 heterocycles.